The molecule has 1 aliphatic rings. The van der Waals surface area contributed by atoms with Crippen molar-refractivity contribution in [2.45, 2.75) is 207 Å². The van der Waals surface area contributed by atoms with Crippen molar-refractivity contribution >= 4 is 11.9 Å². The highest BCUT2D eigenvalue weighted by molar-refractivity contribution is 5.70. The molecule has 0 heterocycles. The van der Waals surface area contributed by atoms with E-state index in [4.69, 9.17) is 9.47 Å². The lowest BCUT2D eigenvalue weighted by Crippen LogP contribution is -2.29. The molecule has 0 amide bonds. The summed E-state index contributed by atoms with van der Waals surface area (Å²) in [7, 11) is 0. The van der Waals surface area contributed by atoms with Crippen molar-refractivity contribution in [3.63, 3.8) is 0 Å². The minimum atomic E-state index is -0.0304. The number of nitrogens with zero attached hydrogens (tertiary/aromatic N) is 1. The summed E-state index contributed by atoms with van der Waals surface area (Å²) < 4.78 is 11.1. The third kappa shape index (κ3) is 26.7. The minimum absolute atomic E-state index is 0.0221. The van der Waals surface area contributed by atoms with Gasteiger partial charge in [0.15, 0.2) is 0 Å². The number of unbranched alkanes of at least 4 members (excludes halogenated alkanes) is 15. The number of carbonyl (C=O) groups is 2. The molecule has 1 aliphatic carbocycles. The Morgan fingerprint density at radius 3 is 1.69 bits per heavy atom. The van der Waals surface area contributed by atoms with E-state index in [1.807, 2.05) is 0 Å². The molecular formula is C42H81NO5. The molecule has 1 fully saturated rings. The van der Waals surface area contributed by atoms with Crippen molar-refractivity contribution in [3.05, 3.63) is 0 Å². The fourth-order valence-electron chi connectivity index (χ4n) is 7.13. The molecule has 0 radical (unpaired) electrons. The highest BCUT2D eigenvalue weighted by Gasteiger charge is 2.43. The molecule has 6 nitrogen and oxygen atoms in total. The molecule has 1 saturated carbocycles. The van der Waals surface area contributed by atoms with Gasteiger partial charge < -0.3 is 19.5 Å². The Morgan fingerprint density at radius 2 is 1.08 bits per heavy atom. The summed E-state index contributed by atoms with van der Waals surface area (Å²) in [5.41, 5.74) is 0.220. The van der Waals surface area contributed by atoms with Gasteiger partial charge in [-0.3, -0.25) is 9.59 Å². The molecule has 0 aliphatic heterocycles. The molecule has 0 atom stereocenters. The molecule has 48 heavy (non-hydrogen) atoms. The van der Waals surface area contributed by atoms with Crippen molar-refractivity contribution in [1.29, 1.82) is 0 Å². The second-order valence-corrected chi connectivity index (χ2v) is 15.3. The maximum atomic E-state index is 12.6. The number of aliphatic hydroxyl groups is 1. The number of ether oxygens (including phenoxy) is 2. The van der Waals surface area contributed by atoms with Crippen LogP contribution in [0.2, 0.25) is 0 Å². The fourth-order valence-corrected chi connectivity index (χ4v) is 7.13. The van der Waals surface area contributed by atoms with E-state index in [1.54, 1.807) is 0 Å². The van der Waals surface area contributed by atoms with Crippen molar-refractivity contribution in [2.75, 3.05) is 39.5 Å². The lowest BCUT2D eigenvalue weighted by Gasteiger charge is -2.21. The first-order valence-corrected chi connectivity index (χ1v) is 21.1. The van der Waals surface area contributed by atoms with Crippen molar-refractivity contribution in [1.82, 2.24) is 4.90 Å². The highest BCUT2D eigenvalue weighted by atomic mass is 16.5. The van der Waals surface area contributed by atoms with E-state index in [-0.39, 0.29) is 24.0 Å². The van der Waals surface area contributed by atoms with E-state index in [0.29, 0.717) is 26.1 Å². The zero-order chi connectivity index (χ0) is 35.0. The van der Waals surface area contributed by atoms with Crippen LogP contribution in [-0.4, -0.2) is 61.4 Å². The zero-order valence-electron chi connectivity index (χ0n) is 32.4. The smallest absolute Gasteiger partial charge is 0.306 e. The molecule has 0 aromatic heterocycles. The van der Waals surface area contributed by atoms with E-state index in [0.717, 1.165) is 76.9 Å². The Morgan fingerprint density at radius 1 is 0.583 bits per heavy atom. The van der Waals surface area contributed by atoms with Crippen LogP contribution in [0.5, 0.6) is 0 Å². The van der Waals surface area contributed by atoms with Gasteiger partial charge in [0.1, 0.15) is 0 Å². The van der Waals surface area contributed by atoms with Crippen molar-refractivity contribution in [3.8, 4) is 0 Å². The zero-order valence-corrected chi connectivity index (χ0v) is 32.4. The standard InChI is InChI=1S/C42H81NO5/c1-4-7-10-11-12-16-23-36-47-40(45)28-18-14-13-15-21-32-43(34-35-44)33-22-17-20-29-42(30-31-42)38-41(46)48-37-24-19-27-39(25-8-5-2)26-9-6-3/h39,44H,4-38H2,1-3H3. The third-order valence-corrected chi connectivity index (χ3v) is 10.6. The highest BCUT2D eigenvalue weighted by Crippen LogP contribution is 2.53. The predicted molar refractivity (Wildman–Crippen MR) is 202 cm³/mol. The topological polar surface area (TPSA) is 76.1 Å². The van der Waals surface area contributed by atoms with Crippen molar-refractivity contribution < 1.29 is 24.2 Å². The van der Waals surface area contributed by atoms with Crippen LogP contribution in [0.25, 0.3) is 0 Å². The molecule has 0 saturated heterocycles. The van der Waals surface area contributed by atoms with Crippen LogP contribution in [-0.2, 0) is 19.1 Å². The lowest BCUT2D eigenvalue weighted by atomic mass is 9.91. The maximum Gasteiger partial charge on any atom is 0.306 e. The average Bonchev–Trinajstić information content (AvgIpc) is 3.84. The number of hydrogen-bond donors (Lipinski definition) is 1. The second kappa shape index (κ2) is 31.8. The summed E-state index contributed by atoms with van der Waals surface area (Å²) in [6, 6.07) is 0. The molecule has 0 aromatic carbocycles. The Bertz CT molecular complexity index is 732. The summed E-state index contributed by atoms with van der Waals surface area (Å²) in [5.74, 6) is 0.848. The molecule has 0 aromatic rings. The van der Waals surface area contributed by atoms with Gasteiger partial charge in [-0.2, -0.15) is 0 Å². The lowest BCUT2D eigenvalue weighted by molar-refractivity contribution is -0.145. The number of hydrogen-bond acceptors (Lipinski definition) is 6. The molecule has 0 spiro atoms. The van der Waals surface area contributed by atoms with Gasteiger partial charge in [0.2, 0.25) is 0 Å². The first kappa shape index (κ1) is 44.9. The van der Waals surface area contributed by atoms with Crippen LogP contribution < -0.4 is 0 Å². The van der Waals surface area contributed by atoms with Gasteiger partial charge in [0.05, 0.1) is 26.2 Å². The summed E-state index contributed by atoms with van der Waals surface area (Å²) in [6.45, 7) is 11.0. The summed E-state index contributed by atoms with van der Waals surface area (Å²) in [4.78, 5) is 26.9. The van der Waals surface area contributed by atoms with Crippen LogP contribution in [0.4, 0.5) is 0 Å². The van der Waals surface area contributed by atoms with Crippen LogP contribution in [0.1, 0.15) is 207 Å². The quantitative estimate of drug-likeness (QED) is 0.0520. The van der Waals surface area contributed by atoms with Gasteiger partial charge in [-0.15, -0.1) is 0 Å². The van der Waals surface area contributed by atoms with Gasteiger partial charge in [-0.25, -0.2) is 0 Å². The minimum Gasteiger partial charge on any atom is -0.466 e. The Balaban J connectivity index is 2.03. The van der Waals surface area contributed by atoms with Gasteiger partial charge in [-0.05, 0) is 82.2 Å². The van der Waals surface area contributed by atoms with Crippen LogP contribution >= 0.6 is 0 Å². The monoisotopic (exact) mass is 680 g/mol. The van der Waals surface area contributed by atoms with E-state index in [1.165, 1.54) is 122 Å². The summed E-state index contributed by atoms with van der Waals surface area (Å²) >= 11 is 0. The Hall–Kier alpha value is -1.14. The molecule has 6 heteroatoms. The van der Waals surface area contributed by atoms with Gasteiger partial charge in [0, 0.05) is 13.0 Å². The molecule has 284 valence electrons. The van der Waals surface area contributed by atoms with Gasteiger partial charge in [0.25, 0.3) is 0 Å². The average molecular weight is 680 g/mol. The summed E-state index contributed by atoms with van der Waals surface area (Å²) in [6.07, 6.45) is 33.8. The van der Waals surface area contributed by atoms with Crippen molar-refractivity contribution in [2.24, 2.45) is 11.3 Å². The van der Waals surface area contributed by atoms with E-state index >= 15 is 0 Å². The van der Waals surface area contributed by atoms with Crippen LogP contribution in [0.3, 0.4) is 0 Å². The third-order valence-electron chi connectivity index (χ3n) is 10.6. The van der Waals surface area contributed by atoms with Crippen LogP contribution in [0, 0.1) is 11.3 Å². The largest absolute Gasteiger partial charge is 0.466 e. The van der Waals surface area contributed by atoms with E-state index in [2.05, 4.69) is 25.7 Å². The van der Waals surface area contributed by atoms with E-state index < -0.39 is 0 Å². The van der Waals surface area contributed by atoms with Gasteiger partial charge in [-0.1, -0.05) is 136 Å². The molecule has 1 N–H and O–H groups in total. The normalized spacial score (nSPS) is 13.8. The number of aliphatic hydroxyl groups excluding tert-OH is 1. The predicted octanol–water partition coefficient (Wildman–Crippen LogP) is 11.4. The van der Waals surface area contributed by atoms with Gasteiger partial charge >= 0.3 is 11.9 Å². The SMILES string of the molecule is CCCCCCCCCOC(=O)CCCCCCCN(CCO)CCCCCC1(CC(=O)OCCCCC(CCCC)CCCC)CC1. The van der Waals surface area contributed by atoms with Crippen LogP contribution in [0.15, 0.2) is 0 Å². The molecule has 1 rings (SSSR count). The molecule has 0 unspecified atom stereocenters. The maximum absolute atomic E-state index is 12.6. The number of carbonyl (C=O) groups excluding carboxylic acids is 2. The number of rotatable bonds is 37. The number of esters is 2. The second-order valence-electron chi connectivity index (χ2n) is 15.3. The summed E-state index contributed by atoms with van der Waals surface area (Å²) in [5, 5.41) is 9.55. The molecule has 0 bridgehead atoms. The first-order valence-electron chi connectivity index (χ1n) is 21.1. The van der Waals surface area contributed by atoms with E-state index in [9.17, 15) is 14.7 Å². The molecular weight excluding hydrogens is 598 g/mol. The Kier molecular flexibility index (Phi) is 29.7. The Labute approximate surface area is 298 Å². The first-order chi connectivity index (χ1) is 23.5. The fraction of sp³-hybridized carbons (Fsp3) is 0.952.